The number of ether oxygens (including phenoxy) is 1. The molecule has 0 spiro atoms. The molecule has 2 unspecified atom stereocenters. The van der Waals surface area contributed by atoms with Crippen molar-refractivity contribution in [1.29, 1.82) is 0 Å². The molecule has 0 aromatic heterocycles. The van der Waals surface area contributed by atoms with E-state index in [2.05, 4.69) is 53.2 Å². The minimum absolute atomic E-state index is 0. The summed E-state index contributed by atoms with van der Waals surface area (Å²) < 4.78 is 4.95. The van der Waals surface area contributed by atoms with Crippen molar-refractivity contribution in [2.75, 3.05) is 56.2 Å². The minimum atomic E-state index is -0.127. The van der Waals surface area contributed by atoms with Crippen LogP contribution in [0, 0.1) is 11.8 Å². The van der Waals surface area contributed by atoms with Crippen molar-refractivity contribution in [1.82, 2.24) is 10.2 Å². The Morgan fingerprint density at radius 3 is 2.55 bits per heavy atom. The highest BCUT2D eigenvalue weighted by molar-refractivity contribution is 14.0. The Hall–Kier alpha value is -1.16. The van der Waals surface area contributed by atoms with Crippen LogP contribution in [0.3, 0.4) is 0 Å². The lowest BCUT2D eigenvalue weighted by Gasteiger charge is -2.28. The molecule has 2 fully saturated rings. The standard InChI is InChI=1S/C21H32N4O2S.HI/c1-4-22-21(25-14-16(2)19(15-25)20(26)27-3)23-13-17-5-7-18(8-6-17)24-9-11-28-12-10-24;/h5-8,16,19H,4,9-15H2,1-3H3,(H,22,23);1H. The van der Waals surface area contributed by atoms with Crippen LogP contribution in [0.4, 0.5) is 5.69 Å². The molecule has 8 heteroatoms. The van der Waals surface area contributed by atoms with E-state index < -0.39 is 0 Å². The van der Waals surface area contributed by atoms with Crippen LogP contribution < -0.4 is 10.2 Å². The van der Waals surface area contributed by atoms with Gasteiger partial charge in [-0.15, -0.1) is 24.0 Å². The number of carbonyl (C=O) groups excluding carboxylic acids is 1. The average molecular weight is 532 g/mol. The predicted molar refractivity (Wildman–Crippen MR) is 132 cm³/mol. The summed E-state index contributed by atoms with van der Waals surface area (Å²) in [6.07, 6.45) is 0. The topological polar surface area (TPSA) is 57.2 Å². The van der Waals surface area contributed by atoms with Gasteiger partial charge in [-0.2, -0.15) is 11.8 Å². The van der Waals surface area contributed by atoms with Crippen molar-refractivity contribution < 1.29 is 9.53 Å². The van der Waals surface area contributed by atoms with Gasteiger partial charge in [0.05, 0.1) is 19.6 Å². The number of thioether (sulfide) groups is 1. The quantitative estimate of drug-likeness (QED) is 0.273. The Bertz CT molecular complexity index is 680. The summed E-state index contributed by atoms with van der Waals surface area (Å²) in [4.78, 5) is 21.4. The third-order valence-electron chi connectivity index (χ3n) is 5.47. The van der Waals surface area contributed by atoms with E-state index in [1.807, 2.05) is 11.8 Å². The van der Waals surface area contributed by atoms with E-state index >= 15 is 0 Å². The van der Waals surface area contributed by atoms with Crippen LogP contribution in [0.25, 0.3) is 0 Å². The summed E-state index contributed by atoms with van der Waals surface area (Å²) in [7, 11) is 1.46. The number of aliphatic imine (C=N–C) groups is 1. The van der Waals surface area contributed by atoms with Crippen molar-refractivity contribution in [2.24, 2.45) is 16.8 Å². The zero-order chi connectivity index (χ0) is 19.9. The molecule has 0 saturated carbocycles. The van der Waals surface area contributed by atoms with Gasteiger partial charge in [0.2, 0.25) is 0 Å². The molecule has 1 N–H and O–H groups in total. The lowest BCUT2D eigenvalue weighted by atomic mass is 9.99. The first-order valence-electron chi connectivity index (χ1n) is 10.1. The van der Waals surface area contributed by atoms with Crippen molar-refractivity contribution in [3.8, 4) is 0 Å². The van der Waals surface area contributed by atoms with E-state index in [0.717, 1.165) is 32.1 Å². The lowest BCUT2D eigenvalue weighted by molar-refractivity contribution is -0.145. The van der Waals surface area contributed by atoms with Crippen molar-refractivity contribution in [3.63, 3.8) is 0 Å². The number of guanidine groups is 1. The molecule has 1 aromatic rings. The molecule has 2 aliphatic heterocycles. The fourth-order valence-corrected chi connectivity index (χ4v) is 4.73. The zero-order valence-corrected chi connectivity index (χ0v) is 20.7. The Balaban J connectivity index is 0.00000300. The smallest absolute Gasteiger partial charge is 0.310 e. The third kappa shape index (κ3) is 6.41. The van der Waals surface area contributed by atoms with Gasteiger partial charge < -0.3 is 19.9 Å². The molecule has 0 amide bonds. The molecule has 3 rings (SSSR count). The molecule has 2 heterocycles. The number of methoxy groups -OCH3 is 1. The molecule has 0 bridgehead atoms. The number of nitrogens with zero attached hydrogens (tertiary/aromatic N) is 3. The molecule has 2 aliphatic rings. The first-order chi connectivity index (χ1) is 13.6. The number of rotatable bonds is 5. The highest BCUT2D eigenvalue weighted by Gasteiger charge is 2.36. The van der Waals surface area contributed by atoms with E-state index in [1.165, 1.54) is 29.9 Å². The van der Waals surface area contributed by atoms with Crippen LogP contribution in [0.5, 0.6) is 0 Å². The van der Waals surface area contributed by atoms with Crippen molar-refractivity contribution in [2.45, 2.75) is 20.4 Å². The molecule has 2 saturated heterocycles. The highest BCUT2D eigenvalue weighted by Crippen LogP contribution is 2.24. The van der Waals surface area contributed by atoms with Crippen LogP contribution in [0.15, 0.2) is 29.3 Å². The number of hydrogen-bond donors (Lipinski definition) is 1. The first-order valence-corrected chi connectivity index (χ1v) is 11.3. The molecule has 0 aliphatic carbocycles. The fraction of sp³-hybridized carbons (Fsp3) is 0.619. The van der Waals surface area contributed by atoms with Crippen LogP contribution in [-0.2, 0) is 16.1 Å². The Morgan fingerprint density at radius 2 is 1.93 bits per heavy atom. The van der Waals surface area contributed by atoms with Gasteiger partial charge in [-0.1, -0.05) is 19.1 Å². The molecular weight excluding hydrogens is 499 g/mol. The van der Waals surface area contributed by atoms with Gasteiger partial charge in [0, 0.05) is 49.9 Å². The van der Waals surface area contributed by atoms with Crippen molar-refractivity contribution >= 4 is 53.4 Å². The number of anilines is 1. The maximum atomic E-state index is 12.0. The summed E-state index contributed by atoms with van der Waals surface area (Å²) in [5.41, 5.74) is 2.50. The Labute approximate surface area is 195 Å². The van der Waals surface area contributed by atoms with Crippen LogP contribution in [0.2, 0.25) is 0 Å². The van der Waals surface area contributed by atoms with Gasteiger partial charge >= 0.3 is 5.97 Å². The van der Waals surface area contributed by atoms with E-state index in [1.54, 1.807) is 0 Å². The molecule has 2 atom stereocenters. The SMILES string of the molecule is CCNC(=NCc1ccc(N2CCSCC2)cc1)N1CC(C)C(C(=O)OC)C1.I. The molecule has 29 heavy (non-hydrogen) atoms. The molecule has 162 valence electrons. The van der Waals surface area contributed by atoms with E-state index in [-0.39, 0.29) is 41.8 Å². The average Bonchev–Trinajstić information content (AvgIpc) is 3.13. The summed E-state index contributed by atoms with van der Waals surface area (Å²) in [6, 6.07) is 8.76. The summed E-state index contributed by atoms with van der Waals surface area (Å²) in [5, 5.41) is 3.37. The van der Waals surface area contributed by atoms with Crippen LogP contribution >= 0.6 is 35.7 Å². The first kappa shape index (κ1) is 24.1. The second-order valence-corrected chi connectivity index (χ2v) is 8.67. The number of halogens is 1. The van der Waals surface area contributed by atoms with E-state index in [0.29, 0.717) is 13.1 Å². The third-order valence-corrected chi connectivity index (χ3v) is 6.42. The predicted octanol–water partition coefficient (Wildman–Crippen LogP) is 3.06. The molecule has 0 radical (unpaired) electrons. The van der Waals surface area contributed by atoms with Gasteiger partial charge in [-0.25, -0.2) is 4.99 Å². The zero-order valence-electron chi connectivity index (χ0n) is 17.6. The van der Waals surface area contributed by atoms with Gasteiger partial charge in [-0.05, 0) is 30.5 Å². The van der Waals surface area contributed by atoms with Crippen LogP contribution in [-0.4, -0.2) is 68.2 Å². The van der Waals surface area contributed by atoms with Gasteiger partial charge in [0.15, 0.2) is 5.96 Å². The van der Waals surface area contributed by atoms with Crippen molar-refractivity contribution in [3.05, 3.63) is 29.8 Å². The van der Waals surface area contributed by atoms with E-state index in [4.69, 9.17) is 9.73 Å². The minimum Gasteiger partial charge on any atom is -0.469 e. The summed E-state index contributed by atoms with van der Waals surface area (Å²) >= 11 is 2.03. The summed E-state index contributed by atoms with van der Waals surface area (Å²) in [6.45, 7) is 9.33. The van der Waals surface area contributed by atoms with Crippen LogP contribution in [0.1, 0.15) is 19.4 Å². The number of carbonyl (C=O) groups is 1. The number of likely N-dealkylation sites (tertiary alicyclic amines) is 1. The number of benzene rings is 1. The Kier molecular flexibility index (Phi) is 9.88. The highest BCUT2D eigenvalue weighted by atomic mass is 127. The number of hydrogen-bond acceptors (Lipinski definition) is 5. The van der Waals surface area contributed by atoms with Gasteiger partial charge in [0.1, 0.15) is 0 Å². The lowest BCUT2D eigenvalue weighted by Crippen LogP contribution is -2.40. The monoisotopic (exact) mass is 532 g/mol. The summed E-state index contributed by atoms with van der Waals surface area (Å²) in [5.74, 6) is 3.34. The maximum absolute atomic E-state index is 12.0. The largest absolute Gasteiger partial charge is 0.469 e. The van der Waals surface area contributed by atoms with Gasteiger partial charge in [-0.3, -0.25) is 4.79 Å². The van der Waals surface area contributed by atoms with E-state index in [9.17, 15) is 4.79 Å². The molecule has 6 nitrogen and oxygen atoms in total. The number of nitrogens with one attached hydrogen (secondary N) is 1. The number of esters is 1. The van der Waals surface area contributed by atoms with Gasteiger partial charge in [0.25, 0.3) is 0 Å². The fourth-order valence-electron chi connectivity index (χ4n) is 3.82. The molecular formula is C21H33IN4O2S. The molecule has 1 aromatic carbocycles. The second kappa shape index (κ2) is 11.9. The normalized spacial score (nSPS) is 22.2. The second-order valence-electron chi connectivity index (χ2n) is 7.45. The Morgan fingerprint density at radius 1 is 1.24 bits per heavy atom. The maximum Gasteiger partial charge on any atom is 0.310 e.